The van der Waals surface area contributed by atoms with Crippen LogP contribution < -0.4 is 10.6 Å². The van der Waals surface area contributed by atoms with Gasteiger partial charge in [0.25, 0.3) is 5.91 Å². The minimum atomic E-state index is -0.262. The zero-order valence-electron chi connectivity index (χ0n) is 11.2. The van der Waals surface area contributed by atoms with E-state index >= 15 is 0 Å². The van der Waals surface area contributed by atoms with Gasteiger partial charge in [-0.15, -0.1) is 0 Å². The number of rotatable bonds is 6. The zero-order chi connectivity index (χ0) is 14.3. The second kappa shape index (κ2) is 7.79. The molecule has 5 heteroatoms. The van der Waals surface area contributed by atoms with Gasteiger partial charge in [0, 0.05) is 19.0 Å². The Kier molecular flexibility index (Phi) is 6.36. The van der Waals surface area contributed by atoms with E-state index in [0.717, 1.165) is 6.42 Å². The van der Waals surface area contributed by atoms with Gasteiger partial charge in [-0.2, -0.15) is 0 Å². The molecule has 0 saturated heterocycles. The van der Waals surface area contributed by atoms with E-state index in [2.05, 4.69) is 10.6 Å². The second-order valence-electron chi connectivity index (χ2n) is 4.36. The number of amides is 2. The normalized spacial score (nSPS) is 11.7. The first-order chi connectivity index (χ1) is 9.04. The molecule has 0 aromatic heterocycles. The molecule has 0 heterocycles. The van der Waals surface area contributed by atoms with Crippen LogP contribution in [0.1, 0.15) is 37.0 Å². The monoisotopic (exact) mass is 282 g/mol. The zero-order valence-corrected chi connectivity index (χ0v) is 12.0. The number of carbonyl (C=O) groups excluding carboxylic acids is 2. The first-order valence-corrected chi connectivity index (χ1v) is 6.74. The molecule has 0 aliphatic rings. The Morgan fingerprint density at radius 1 is 1.32 bits per heavy atom. The fourth-order valence-electron chi connectivity index (χ4n) is 1.48. The molecule has 0 radical (unpaired) electrons. The summed E-state index contributed by atoms with van der Waals surface area (Å²) in [6, 6.07) is 6.98. The molecule has 19 heavy (non-hydrogen) atoms. The van der Waals surface area contributed by atoms with Gasteiger partial charge in [0.05, 0.1) is 10.6 Å². The van der Waals surface area contributed by atoms with Gasteiger partial charge in [0.1, 0.15) is 0 Å². The molecule has 1 aromatic carbocycles. The molecule has 0 saturated carbocycles. The van der Waals surface area contributed by atoms with Crippen LogP contribution in [0, 0.1) is 0 Å². The van der Waals surface area contributed by atoms with Crippen LogP contribution in [0.25, 0.3) is 0 Å². The predicted molar refractivity (Wildman–Crippen MR) is 76.3 cm³/mol. The smallest absolute Gasteiger partial charge is 0.252 e. The Labute approximate surface area is 118 Å². The molecule has 0 fully saturated rings. The van der Waals surface area contributed by atoms with Gasteiger partial charge in [-0.25, -0.2) is 0 Å². The molecule has 4 nitrogen and oxygen atoms in total. The SMILES string of the molecule is CCC(C)NC(=O)CCNC(=O)c1ccccc1Cl. The molecule has 0 aliphatic carbocycles. The molecule has 1 unspecified atom stereocenters. The van der Waals surface area contributed by atoms with E-state index in [9.17, 15) is 9.59 Å². The van der Waals surface area contributed by atoms with Crippen molar-refractivity contribution in [1.82, 2.24) is 10.6 Å². The molecule has 1 atom stereocenters. The molecule has 0 aliphatic heterocycles. The maximum atomic E-state index is 11.8. The third-order valence-electron chi connectivity index (χ3n) is 2.78. The van der Waals surface area contributed by atoms with Crippen LogP contribution >= 0.6 is 11.6 Å². The third-order valence-corrected chi connectivity index (χ3v) is 3.11. The maximum absolute atomic E-state index is 11.8. The van der Waals surface area contributed by atoms with E-state index in [1.165, 1.54) is 0 Å². The van der Waals surface area contributed by atoms with Crippen LogP contribution in [0.2, 0.25) is 5.02 Å². The lowest BCUT2D eigenvalue weighted by Gasteiger charge is -2.11. The average Bonchev–Trinajstić information content (AvgIpc) is 2.38. The minimum Gasteiger partial charge on any atom is -0.354 e. The summed E-state index contributed by atoms with van der Waals surface area (Å²) in [6.07, 6.45) is 1.15. The van der Waals surface area contributed by atoms with Crippen molar-refractivity contribution in [2.24, 2.45) is 0 Å². The van der Waals surface area contributed by atoms with Crippen molar-refractivity contribution in [3.63, 3.8) is 0 Å². The summed E-state index contributed by atoms with van der Waals surface area (Å²) in [4.78, 5) is 23.3. The van der Waals surface area contributed by atoms with E-state index in [1.807, 2.05) is 13.8 Å². The number of carbonyl (C=O) groups is 2. The summed E-state index contributed by atoms with van der Waals surface area (Å²) >= 11 is 5.91. The van der Waals surface area contributed by atoms with Gasteiger partial charge >= 0.3 is 0 Å². The van der Waals surface area contributed by atoms with E-state index < -0.39 is 0 Å². The largest absolute Gasteiger partial charge is 0.354 e. The van der Waals surface area contributed by atoms with Crippen molar-refractivity contribution >= 4 is 23.4 Å². The molecule has 0 bridgehead atoms. The van der Waals surface area contributed by atoms with Gasteiger partial charge in [-0.1, -0.05) is 30.7 Å². The molecule has 0 spiro atoms. The lowest BCUT2D eigenvalue weighted by atomic mass is 10.2. The molecule has 1 aromatic rings. The van der Waals surface area contributed by atoms with Crippen molar-refractivity contribution in [2.75, 3.05) is 6.54 Å². The summed E-state index contributed by atoms with van der Waals surface area (Å²) in [5.41, 5.74) is 0.423. The lowest BCUT2D eigenvalue weighted by Crippen LogP contribution is -2.35. The summed E-state index contributed by atoms with van der Waals surface area (Å²) in [5.74, 6) is -0.323. The van der Waals surface area contributed by atoms with Gasteiger partial charge < -0.3 is 10.6 Å². The highest BCUT2D eigenvalue weighted by Gasteiger charge is 2.10. The molecule has 104 valence electrons. The fourth-order valence-corrected chi connectivity index (χ4v) is 1.70. The number of benzene rings is 1. The average molecular weight is 283 g/mol. The van der Waals surface area contributed by atoms with Crippen molar-refractivity contribution in [3.8, 4) is 0 Å². The molecule has 2 N–H and O–H groups in total. The Bertz CT molecular complexity index is 449. The number of hydrogen-bond acceptors (Lipinski definition) is 2. The van der Waals surface area contributed by atoms with Gasteiger partial charge in [0.2, 0.25) is 5.91 Å². The lowest BCUT2D eigenvalue weighted by molar-refractivity contribution is -0.121. The fraction of sp³-hybridized carbons (Fsp3) is 0.429. The summed E-state index contributed by atoms with van der Waals surface area (Å²) in [6.45, 7) is 4.25. The Hall–Kier alpha value is -1.55. The number of halogens is 1. The molecular formula is C14H19ClN2O2. The molecular weight excluding hydrogens is 264 g/mol. The first kappa shape index (κ1) is 15.5. The van der Waals surface area contributed by atoms with E-state index in [0.29, 0.717) is 17.1 Å². The van der Waals surface area contributed by atoms with Crippen LogP contribution in [-0.2, 0) is 4.79 Å². The highest BCUT2D eigenvalue weighted by atomic mass is 35.5. The maximum Gasteiger partial charge on any atom is 0.252 e. The second-order valence-corrected chi connectivity index (χ2v) is 4.77. The van der Waals surface area contributed by atoms with Crippen LogP contribution in [-0.4, -0.2) is 24.4 Å². The van der Waals surface area contributed by atoms with Gasteiger partial charge in [-0.05, 0) is 25.5 Å². The van der Waals surface area contributed by atoms with Crippen LogP contribution in [0.3, 0.4) is 0 Å². The first-order valence-electron chi connectivity index (χ1n) is 6.36. The van der Waals surface area contributed by atoms with Crippen molar-refractivity contribution < 1.29 is 9.59 Å². The third kappa shape index (κ3) is 5.30. The predicted octanol–water partition coefficient (Wildman–Crippen LogP) is 2.37. The van der Waals surface area contributed by atoms with Crippen molar-refractivity contribution in [2.45, 2.75) is 32.7 Å². The van der Waals surface area contributed by atoms with Crippen LogP contribution in [0.5, 0.6) is 0 Å². The molecule has 2 amide bonds. The highest BCUT2D eigenvalue weighted by Crippen LogP contribution is 2.14. The van der Waals surface area contributed by atoms with E-state index in [4.69, 9.17) is 11.6 Å². The van der Waals surface area contributed by atoms with Crippen LogP contribution in [0.15, 0.2) is 24.3 Å². The summed E-state index contributed by atoms with van der Waals surface area (Å²) < 4.78 is 0. The van der Waals surface area contributed by atoms with Gasteiger partial charge in [0.15, 0.2) is 0 Å². The summed E-state index contributed by atoms with van der Waals surface area (Å²) in [7, 11) is 0. The Balaban J connectivity index is 2.36. The van der Waals surface area contributed by atoms with E-state index in [-0.39, 0.29) is 24.3 Å². The number of nitrogens with one attached hydrogen (secondary N) is 2. The minimum absolute atomic E-state index is 0.0613. The quantitative estimate of drug-likeness (QED) is 0.842. The standard InChI is InChI=1S/C14H19ClN2O2/c1-3-10(2)17-13(18)8-9-16-14(19)11-6-4-5-7-12(11)15/h4-7,10H,3,8-9H2,1-2H3,(H,16,19)(H,17,18). The Morgan fingerprint density at radius 2 is 2.00 bits per heavy atom. The molecule has 1 rings (SSSR count). The topological polar surface area (TPSA) is 58.2 Å². The van der Waals surface area contributed by atoms with Gasteiger partial charge in [-0.3, -0.25) is 9.59 Å². The van der Waals surface area contributed by atoms with Crippen molar-refractivity contribution in [1.29, 1.82) is 0 Å². The summed E-state index contributed by atoms with van der Waals surface area (Å²) in [5, 5.41) is 5.92. The van der Waals surface area contributed by atoms with E-state index in [1.54, 1.807) is 24.3 Å². The number of hydrogen-bond donors (Lipinski definition) is 2. The van der Waals surface area contributed by atoms with Crippen LogP contribution in [0.4, 0.5) is 0 Å². The van der Waals surface area contributed by atoms with Crippen molar-refractivity contribution in [3.05, 3.63) is 34.9 Å². The Morgan fingerprint density at radius 3 is 2.63 bits per heavy atom. The highest BCUT2D eigenvalue weighted by molar-refractivity contribution is 6.33.